The molecule has 2 amide bonds. The van der Waals surface area contributed by atoms with Crippen molar-refractivity contribution in [3.05, 3.63) is 52.2 Å². The molecule has 2 aromatic rings. The van der Waals surface area contributed by atoms with E-state index in [4.69, 9.17) is 0 Å². The third kappa shape index (κ3) is 5.20. The fourth-order valence-electron chi connectivity index (χ4n) is 2.41. The average Bonchev–Trinajstić information content (AvgIpc) is 3.05. The molecule has 0 spiro atoms. The summed E-state index contributed by atoms with van der Waals surface area (Å²) in [4.78, 5) is 23.9. The fourth-order valence-corrected chi connectivity index (χ4v) is 3.04. The second-order valence-corrected chi connectivity index (χ2v) is 7.50. The Morgan fingerprint density at radius 3 is 2.54 bits per heavy atom. The first kappa shape index (κ1) is 18.2. The van der Waals surface area contributed by atoms with E-state index in [1.165, 1.54) is 11.3 Å². The largest absolute Gasteiger partial charge is 0.352 e. The lowest BCUT2D eigenvalue weighted by molar-refractivity contribution is -0.116. The number of nitrogens with one attached hydrogen (secondary N) is 2. The van der Waals surface area contributed by atoms with Gasteiger partial charge in [0.05, 0.1) is 0 Å². The molecule has 0 saturated heterocycles. The van der Waals surface area contributed by atoms with Crippen LogP contribution >= 0.6 is 11.3 Å². The van der Waals surface area contributed by atoms with E-state index in [0.29, 0.717) is 24.9 Å². The van der Waals surface area contributed by atoms with Crippen LogP contribution in [0.3, 0.4) is 0 Å². The summed E-state index contributed by atoms with van der Waals surface area (Å²) in [6, 6.07) is 9.66. The van der Waals surface area contributed by atoms with Gasteiger partial charge in [-0.2, -0.15) is 11.3 Å². The standard InChI is InChI=1S/C19H24N2O2S/c1-19(2,3)15-7-4-5-8-16(15)21-17(22)9-6-11-20-18(23)14-10-12-24-13-14/h4-5,7-8,10,12-13H,6,9,11H2,1-3H3,(H,20,23)(H,21,22). The molecule has 0 unspecified atom stereocenters. The van der Waals surface area contributed by atoms with Gasteiger partial charge >= 0.3 is 0 Å². The van der Waals surface area contributed by atoms with Crippen LogP contribution in [0.15, 0.2) is 41.1 Å². The van der Waals surface area contributed by atoms with Crippen molar-refractivity contribution in [1.29, 1.82) is 0 Å². The second kappa shape index (κ2) is 8.11. The van der Waals surface area contributed by atoms with Crippen LogP contribution in [-0.4, -0.2) is 18.4 Å². The summed E-state index contributed by atoms with van der Waals surface area (Å²) in [5.41, 5.74) is 2.61. The van der Waals surface area contributed by atoms with Crippen LogP contribution in [0.1, 0.15) is 49.5 Å². The highest BCUT2D eigenvalue weighted by atomic mass is 32.1. The molecular formula is C19H24N2O2S. The van der Waals surface area contributed by atoms with E-state index in [2.05, 4.69) is 31.4 Å². The third-order valence-electron chi connectivity index (χ3n) is 3.66. The van der Waals surface area contributed by atoms with E-state index in [0.717, 1.165) is 11.3 Å². The Balaban J connectivity index is 1.79. The molecule has 0 bridgehead atoms. The molecule has 0 atom stereocenters. The summed E-state index contributed by atoms with van der Waals surface area (Å²) in [5, 5.41) is 9.49. The zero-order valence-corrected chi connectivity index (χ0v) is 15.2. The van der Waals surface area contributed by atoms with Gasteiger partial charge in [0.25, 0.3) is 5.91 Å². The first-order chi connectivity index (χ1) is 11.4. The number of amides is 2. The smallest absolute Gasteiger partial charge is 0.252 e. The topological polar surface area (TPSA) is 58.2 Å². The van der Waals surface area contributed by atoms with E-state index in [-0.39, 0.29) is 17.2 Å². The Labute approximate surface area is 147 Å². The number of hydrogen-bond acceptors (Lipinski definition) is 3. The molecule has 128 valence electrons. The van der Waals surface area contributed by atoms with Gasteiger partial charge in [0, 0.05) is 29.6 Å². The van der Waals surface area contributed by atoms with Crippen molar-refractivity contribution in [2.45, 2.75) is 39.0 Å². The maximum atomic E-state index is 12.1. The number of rotatable bonds is 6. The Kier molecular flexibility index (Phi) is 6.15. The lowest BCUT2D eigenvalue weighted by atomic mass is 9.86. The maximum Gasteiger partial charge on any atom is 0.252 e. The van der Waals surface area contributed by atoms with Crippen LogP contribution in [-0.2, 0) is 10.2 Å². The maximum absolute atomic E-state index is 12.1. The molecule has 5 heteroatoms. The minimum atomic E-state index is -0.0882. The third-order valence-corrected chi connectivity index (χ3v) is 4.34. The van der Waals surface area contributed by atoms with E-state index in [9.17, 15) is 9.59 Å². The number of hydrogen-bond donors (Lipinski definition) is 2. The van der Waals surface area contributed by atoms with Crippen molar-refractivity contribution in [1.82, 2.24) is 5.32 Å². The minimum Gasteiger partial charge on any atom is -0.352 e. The molecule has 0 aliphatic rings. The van der Waals surface area contributed by atoms with E-state index in [1.807, 2.05) is 35.0 Å². The molecule has 0 fully saturated rings. The highest BCUT2D eigenvalue weighted by molar-refractivity contribution is 7.08. The second-order valence-electron chi connectivity index (χ2n) is 6.72. The molecular weight excluding hydrogens is 320 g/mol. The van der Waals surface area contributed by atoms with Crippen LogP contribution in [0.4, 0.5) is 5.69 Å². The molecule has 0 radical (unpaired) electrons. The molecule has 24 heavy (non-hydrogen) atoms. The van der Waals surface area contributed by atoms with Crippen molar-refractivity contribution in [2.24, 2.45) is 0 Å². The Morgan fingerprint density at radius 2 is 1.88 bits per heavy atom. The zero-order chi connectivity index (χ0) is 17.6. The van der Waals surface area contributed by atoms with Gasteiger partial charge in [0.15, 0.2) is 0 Å². The monoisotopic (exact) mass is 344 g/mol. The lowest BCUT2D eigenvalue weighted by Gasteiger charge is -2.23. The quantitative estimate of drug-likeness (QED) is 0.772. The van der Waals surface area contributed by atoms with Gasteiger partial charge in [-0.1, -0.05) is 39.0 Å². The number of carbonyl (C=O) groups excluding carboxylic acids is 2. The van der Waals surface area contributed by atoms with Crippen molar-refractivity contribution >= 4 is 28.8 Å². The summed E-state index contributed by atoms with van der Waals surface area (Å²) < 4.78 is 0. The Bertz CT molecular complexity index is 688. The highest BCUT2D eigenvalue weighted by Crippen LogP contribution is 2.29. The molecule has 1 aromatic heterocycles. The molecule has 0 aliphatic heterocycles. The van der Waals surface area contributed by atoms with Gasteiger partial charge in [-0.15, -0.1) is 0 Å². The SMILES string of the molecule is CC(C)(C)c1ccccc1NC(=O)CCCNC(=O)c1ccsc1. The average molecular weight is 344 g/mol. The van der Waals surface area contributed by atoms with E-state index < -0.39 is 0 Å². The van der Waals surface area contributed by atoms with Crippen molar-refractivity contribution in [2.75, 3.05) is 11.9 Å². The van der Waals surface area contributed by atoms with Gasteiger partial charge in [0.2, 0.25) is 5.91 Å². The van der Waals surface area contributed by atoms with E-state index >= 15 is 0 Å². The molecule has 1 heterocycles. The van der Waals surface area contributed by atoms with Crippen molar-refractivity contribution in [3.8, 4) is 0 Å². The van der Waals surface area contributed by atoms with Gasteiger partial charge in [-0.3, -0.25) is 9.59 Å². The number of thiophene rings is 1. The summed E-state index contributed by atoms with van der Waals surface area (Å²) in [6.07, 6.45) is 0.988. The normalized spacial score (nSPS) is 11.1. The van der Waals surface area contributed by atoms with Crippen LogP contribution in [0.2, 0.25) is 0 Å². The van der Waals surface area contributed by atoms with Gasteiger partial charge in [-0.25, -0.2) is 0 Å². The van der Waals surface area contributed by atoms with Crippen LogP contribution in [0.5, 0.6) is 0 Å². The Hall–Kier alpha value is -2.14. The number of para-hydroxylation sites is 1. The van der Waals surface area contributed by atoms with Crippen molar-refractivity contribution < 1.29 is 9.59 Å². The highest BCUT2D eigenvalue weighted by Gasteiger charge is 2.18. The lowest BCUT2D eigenvalue weighted by Crippen LogP contribution is -2.25. The summed E-state index contributed by atoms with van der Waals surface area (Å²) in [7, 11) is 0. The minimum absolute atomic E-state index is 0.0294. The Morgan fingerprint density at radius 1 is 1.12 bits per heavy atom. The molecule has 2 rings (SSSR count). The van der Waals surface area contributed by atoms with Crippen LogP contribution < -0.4 is 10.6 Å². The van der Waals surface area contributed by atoms with Crippen LogP contribution in [0.25, 0.3) is 0 Å². The summed E-state index contributed by atoms with van der Waals surface area (Å²) in [5.74, 6) is -0.119. The predicted molar refractivity (Wildman–Crippen MR) is 99.7 cm³/mol. The van der Waals surface area contributed by atoms with Gasteiger partial charge in [0.1, 0.15) is 0 Å². The fraction of sp³-hybridized carbons (Fsp3) is 0.368. The number of carbonyl (C=O) groups is 2. The van der Waals surface area contributed by atoms with Gasteiger partial charge < -0.3 is 10.6 Å². The summed E-state index contributed by atoms with van der Waals surface area (Å²) in [6.45, 7) is 6.86. The van der Waals surface area contributed by atoms with Crippen LogP contribution in [0, 0.1) is 0 Å². The molecule has 4 nitrogen and oxygen atoms in total. The van der Waals surface area contributed by atoms with Crippen molar-refractivity contribution in [3.63, 3.8) is 0 Å². The molecule has 1 aromatic carbocycles. The first-order valence-electron chi connectivity index (χ1n) is 8.07. The molecule has 0 saturated carbocycles. The first-order valence-corrected chi connectivity index (χ1v) is 9.02. The number of anilines is 1. The molecule has 2 N–H and O–H groups in total. The number of benzene rings is 1. The molecule has 0 aliphatic carbocycles. The predicted octanol–water partition coefficient (Wildman–Crippen LogP) is 4.19. The van der Waals surface area contributed by atoms with Gasteiger partial charge in [-0.05, 0) is 34.9 Å². The van der Waals surface area contributed by atoms with E-state index in [1.54, 1.807) is 6.07 Å². The summed E-state index contributed by atoms with van der Waals surface area (Å²) >= 11 is 1.49. The zero-order valence-electron chi connectivity index (χ0n) is 14.4.